The van der Waals surface area contributed by atoms with Gasteiger partial charge in [0.1, 0.15) is 6.10 Å². The van der Waals surface area contributed by atoms with Crippen molar-refractivity contribution in [3.8, 4) is 0 Å². The smallest absolute Gasteiger partial charge is 0.114 e. The van der Waals surface area contributed by atoms with Crippen molar-refractivity contribution in [1.29, 1.82) is 0 Å². The van der Waals surface area contributed by atoms with E-state index in [1.54, 1.807) is 11.3 Å². The van der Waals surface area contributed by atoms with Crippen LogP contribution in [0.2, 0.25) is 0 Å². The largest absolute Gasteiger partial charge is 0.383 e. The molecule has 1 N–H and O–H groups in total. The van der Waals surface area contributed by atoms with Gasteiger partial charge in [-0.3, -0.25) is 4.98 Å². The third-order valence-electron chi connectivity index (χ3n) is 2.57. The molecule has 0 aliphatic heterocycles. The molecule has 1 unspecified atom stereocenters. The van der Waals surface area contributed by atoms with E-state index in [2.05, 4.69) is 4.98 Å². The fraction of sp³-hybridized carbons (Fsp3) is 0.308. The van der Waals surface area contributed by atoms with Crippen molar-refractivity contribution in [2.75, 3.05) is 0 Å². The second-order valence-corrected chi connectivity index (χ2v) is 5.00. The Balaban J connectivity index is 2.41. The van der Waals surface area contributed by atoms with Crippen LogP contribution >= 0.6 is 11.3 Å². The number of aryl methyl sites for hydroxylation is 3. The topological polar surface area (TPSA) is 33.1 Å². The molecule has 0 fully saturated rings. The number of thiophene rings is 1. The first-order chi connectivity index (χ1) is 7.58. The molecule has 0 radical (unpaired) electrons. The average Bonchev–Trinajstić information content (AvgIpc) is 2.62. The summed E-state index contributed by atoms with van der Waals surface area (Å²) in [4.78, 5) is 5.33. The summed E-state index contributed by atoms with van der Waals surface area (Å²) in [6.45, 7) is 5.92. The van der Waals surface area contributed by atoms with Gasteiger partial charge in [-0.1, -0.05) is 0 Å². The molecule has 0 amide bonds. The van der Waals surface area contributed by atoms with E-state index in [0.29, 0.717) is 0 Å². The highest BCUT2D eigenvalue weighted by Crippen LogP contribution is 2.29. The molecule has 2 aromatic heterocycles. The predicted octanol–water partition coefficient (Wildman–Crippen LogP) is 3.15. The maximum atomic E-state index is 10.3. The zero-order chi connectivity index (χ0) is 11.7. The SMILES string of the molecule is Cc1cc(C(O)c2sccc2C)cc(C)n1. The first-order valence-electron chi connectivity index (χ1n) is 5.25. The highest BCUT2D eigenvalue weighted by Gasteiger charge is 2.14. The molecule has 0 saturated heterocycles. The Hall–Kier alpha value is -1.19. The molecule has 2 nitrogen and oxygen atoms in total. The fourth-order valence-corrected chi connectivity index (χ4v) is 2.78. The first-order valence-corrected chi connectivity index (χ1v) is 6.13. The molecule has 0 aliphatic carbocycles. The van der Waals surface area contributed by atoms with E-state index < -0.39 is 6.10 Å². The van der Waals surface area contributed by atoms with Gasteiger partial charge in [-0.15, -0.1) is 11.3 Å². The normalized spacial score (nSPS) is 12.8. The van der Waals surface area contributed by atoms with Gasteiger partial charge in [0.05, 0.1) is 0 Å². The van der Waals surface area contributed by atoms with Crippen LogP contribution in [0.25, 0.3) is 0 Å². The number of pyridine rings is 1. The molecule has 1 atom stereocenters. The highest BCUT2D eigenvalue weighted by molar-refractivity contribution is 7.10. The van der Waals surface area contributed by atoms with Gasteiger partial charge in [-0.05, 0) is 55.5 Å². The quantitative estimate of drug-likeness (QED) is 0.864. The van der Waals surface area contributed by atoms with Crippen LogP contribution < -0.4 is 0 Å². The molecule has 2 aromatic rings. The van der Waals surface area contributed by atoms with Crippen molar-refractivity contribution < 1.29 is 5.11 Å². The lowest BCUT2D eigenvalue weighted by molar-refractivity contribution is 0.223. The minimum atomic E-state index is -0.527. The van der Waals surface area contributed by atoms with E-state index in [1.165, 1.54) is 0 Å². The molecule has 0 aromatic carbocycles. The van der Waals surface area contributed by atoms with Crippen LogP contribution in [0.5, 0.6) is 0 Å². The zero-order valence-electron chi connectivity index (χ0n) is 9.69. The number of nitrogens with zero attached hydrogens (tertiary/aromatic N) is 1. The number of rotatable bonds is 2. The molecule has 0 bridgehead atoms. The Labute approximate surface area is 99.6 Å². The Kier molecular flexibility index (Phi) is 3.08. The molecule has 2 heterocycles. The van der Waals surface area contributed by atoms with Crippen molar-refractivity contribution in [1.82, 2.24) is 4.98 Å². The Bertz CT molecular complexity index is 484. The van der Waals surface area contributed by atoms with E-state index in [1.807, 2.05) is 44.4 Å². The third-order valence-corrected chi connectivity index (χ3v) is 3.64. The van der Waals surface area contributed by atoms with Crippen LogP contribution in [0.15, 0.2) is 23.6 Å². The zero-order valence-corrected chi connectivity index (χ0v) is 10.5. The van der Waals surface area contributed by atoms with Crippen molar-refractivity contribution >= 4 is 11.3 Å². The van der Waals surface area contributed by atoms with Crippen LogP contribution in [0.1, 0.15) is 33.5 Å². The minimum Gasteiger partial charge on any atom is -0.383 e. The third kappa shape index (κ3) is 2.15. The molecule has 3 heteroatoms. The van der Waals surface area contributed by atoms with E-state index >= 15 is 0 Å². The van der Waals surface area contributed by atoms with Gasteiger partial charge >= 0.3 is 0 Å². The maximum Gasteiger partial charge on any atom is 0.114 e. The molecule has 16 heavy (non-hydrogen) atoms. The van der Waals surface area contributed by atoms with Crippen LogP contribution in [0.4, 0.5) is 0 Å². The number of aromatic nitrogens is 1. The van der Waals surface area contributed by atoms with Gasteiger partial charge < -0.3 is 5.11 Å². The molecule has 84 valence electrons. The first kappa shape index (κ1) is 11.3. The molecular formula is C13H15NOS. The number of aliphatic hydroxyl groups is 1. The number of hydrogen-bond donors (Lipinski definition) is 1. The number of hydrogen-bond acceptors (Lipinski definition) is 3. The van der Waals surface area contributed by atoms with E-state index in [4.69, 9.17) is 0 Å². The summed E-state index contributed by atoms with van der Waals surface area (Å²) in [5.41, 5.74) is 3.96. The maximum absolute atomic E-state index is 10.3. The Morgan fingerprint density at radius 3 is 2.31 bits per heavy atom. The molecule has 0 aliphatic rings. The van der Waals surface area contributed by atoms with E-state index in [9.17, 15) is 5.11 Å². The second kappa shape index (κ2) is 4.36. The van der Waals surface area contributed by atoms with Gasteiger partial charge in [0.2, 0.25) is 0 Å². The van der Waals surface area contributed by atoms with Crippen molar-refractivity contribution in [2.45, 2.75) is 26.9 Å². The lowest BCUT2D eigenvalue weighted by Gasteiger charge is -2.11. The van der Waals surface area contributed by atoms with Crippen molar-refractivity contribution in [3.63, 3.8) is 0 Å². The molecular weight excluding hydrogens is 218 g/mol. The van der Waals surface area contributed by atoms with E-state index in [-0.39, 0.29) is 0 Å². The standard InChI is InChI=1S/C13H15NOS/c1-8-4-5-16-13(8)12(15)11-6-9(2)14-10(3)7-11/h4-7,12,15H,1-3H3. The lowest BCUT2D eigenvalue weighted by atomic mass is 10.1. The summed E-state index contributed by atoms with van der Waals surface area (Å²) in [5.74, 6) is 0. The summed E-state index contributed by atoms with van der Waals surface area (Å²) in [6.07, 6.45) is -0.527. The second-order valence-electron chi connectivity index (χ2n) is 4.05. The summed E-state index contributed by atoms with van der Waals surface area (Å²) >= 11 is 1.59. The van der Waals surface area contributed by atoms with Gasteiger partial charge in [-0.25, -0.2) is 0 Å². The van der Waals surface area contributed by atoms with Crippen molar-refractivity contribution in [3.05, 3.63) is 51.0 Å². The fourth-order valence-electron chi connectivity index (χ4n) is 1.84. The summed E-state index contributed by atoms with van der Waals surface area (Å²) < 4.78 is 0. The van der Waals surface area contributed by atoms with Gasteiger partial charge in [-0.2, -0.15) is 0 Å². The average molecular weight is 233 g/mol. The van der Waals surface area contributed by atoms with Crippen LogP contribution in [0.3, 0.4) is 0 Å². The molecule has 2 rings (SSSR count). The van der Waals surface area contributed by atoms with Crippen LogP contribution in [-0.2, 0) is 0 Å². The van der Waals surface area contributed by atoms with Crippen LogP contribution in [0, 0.1) is 20.8 Å². The summed E-state index contributed by atoms with van der Waals surface area (Å²) in [7, 11) is 0. The Morgan fingerprint density at radius 1 is 1.19 bits per heavy atom. The van der Waals surface area contributed by atoms with Gasteiger partial charge in [0.25, 0.3) is 0 Å². The predicted molar refractivity (Wildman–Crippen MR) is 66.8 cm³/mol. The van der Waals surface area contributed by atoms with Crippen molar-refractivity contribution in [2.24, 2.45) is 0 Å². The van der Waals surface area contributed by atoms with Gasteiger partial charge in [0.15, 0.2) is 0 Å². The Morgan fingerprint density at radius 2 is 1.81 bits per heavy atom. The highest BCUT2D eigenvalue weighted by atomic mass is 32.1. The lowest BCUT2D eigenvalue weighted by Crippen LogP contribution is -2.01. The molecule has 0 saturated carbocycles. The summed E-state index contributed by atoms with van der Waals surface area (Å²) in [5, 5.41) is 12.3. The summed E-state index contributed by atoms with van der Waals surface area (Å²) in [6, 6.07) is 5.91. The van der Waals surface area contributed by atoms with Gasteiger partial charge in [0, 0.05) is 16.3 Å². The van der Waals surface area contributed by atoms with E-state index in [0.717, 1.165) is 27.4 Å². The number of aliphatic hydroxyl groups excluding tert-OH is 1. The van der Waals surface area contributed by atoms with Crippen LogP contribution in [-0.4, -0.2) is 10.1 Å². The molecule has 0 spiro atoms. The monoisotopic (exact) mass is 233 g/mol. The minimum absolute atomic E-state index is 0.527.